The van der Waals surface area contributed by atoms with Crippen LogP contribution in [-0.2, 0) is 14.3 Å². The Morgan fingerprint density at radius 1 is 1.33 bits per heavy atom. The van der Waals surface area contributed by atoms with E-state index >= 15 is 0 Å². The number of aliphatic hydroxyl groups is 4. The fraction of sp³-hybridized carbons (Fsp3) is 0.714. The van der Waals surface area contributed by atoms with Crippen LogP contribution in [0.3, 0.4) is 0 Å². The molecule has 10 heteroatoms. The van der Waals surface area contributed by atoms with Crippen LogP contribution >= 0.6 is 21.6 Å². The molecule has 0 radical (unpaired) electrons. The number of carbonyl (C=O) groups excluding carboxylic acids is 1. The molecule has 1 saturated heterocycles. The number of hydrogen-bond donors (Lipinski definition) is 5. The maximum absolute atomic E-state index is 10.5. The van der Waals surface area contributed by atoms with E-state index in [0.29, 0.717) is 6.42 Å². The number of carboxylic acid groups (broad SMARTS) is 1. The first-order chi connectivity index (χ1) is 11.4. The molecule has 0 unspecified atom stereocenters. The number of aliphatic carboxylic acids is 1. The molecule has 0 amide bonds. The van der Waals surface area contributed by atoms with E-state index in [2.05, 4.69) is 4.74 Å². The molecule has 3 atom stereocenters. The molecule has 0 aliphatic carbocycles. The molecule has 24 heavy (non-hydrogen) atoms. The molecular weight excluding hydrogens is 360 g/mol. The fourth-order valence-electron chi connectivity index (χ4n) is 2.04. The van der Waals surface area contributed by atoms with Crippen LogP contribution in [0.4, 0.5) is 0 Å². The number of rotatable bonds is 7. The monoisotopic (exact) mass is 382 g/mol. The van der Waals surface area contributed by atoms with E-state index in [4.69, 9.17) is 25.5 Å². The molecule has 0 spiro atoms. The third-order valence-electron chi connectivity index (χ3n) is 3.37. The minimum Gasteiger partial charge on any atom is -0.505 e. The van der Waals surface area contributed by atoms with Gasteiger partial charge < -0.3 is 30.3 Å². The molecule has 0 aromatic carbocycles. The molecule has 0 saturated carbocycles. The number of cyclic esters (lactones) is 1. The summed E-state index contributed by atoms with van der Waals surface area (Å²) in [6, 6.07) is 0. The summed E-state index contributed by atoms with van der Waals surface area (Å²) >= 11 is 0. The summed E-state index contributed by atoms with van der Waals surface area (Å²) in [6.07, 6.45) is 1.99. The number of carbonyl (C=O) groups is 2. The Labute approximate surface area is 147 Å². The van der Waals surface area contributed by atoms with E-state index in [1.54, 1.807) is 0 Å². The van der Waals surface area contributed by atoms with Crippen LogP contribution in [0.1, 0.15) is 32.1 Å². The van der Waals surface area contributed by atoms with Gasteiger partial charge in [0.2, 0.25) is 5.76 Å². The van der Waals surface area contributed by atoms with Gasteiger partial charge in [-0.2, -0.15) is 0 Å². The van der Waals surface area contributed by atoms with Crippen LogP contribution in [0.5, 0.6) is 0 Å². The number of hydrogen-bond acceptors (Lipinski definition) is 9. The first-order valence-electron chi connectivity index (χ1n) is 7.48. The summed E-state index contributed by atoms with van der Waals surface area (Å²) in [5.41, 5.74) is 0. The van der Waals surface area contributed by atoms with Gasteiger partial charge in [0, 0.05) is 17.4 Å². The third kappa shape index (κ3) is 6.80. The highest BCUT2D eigenvalue weighted by Crippen LogP contribution is 2.39. The van der Waals surface area contributed by atoms with Crippen LogP contribution in [0.25, 0.3) is 0 Å². The lowest BCUT2D eigenvalue weighted by atomic mass is 10.1. The van der Waals surface area contributed by atoms with Crippen molar-refractivity contribution in [1.82, 2.24) is 0 Å². The Hall–Kier alpha value is -1.10. The highest BCUT2D eigenvalue weighted by molar-refractivity contribution is 8.77. The van der Waals surface area contributed by atoms with Crippen molar-refractivity contribution >= 4 is 33.5 Å². The smallest absolute Gasteiger partial charge is 0.377 e. The second-order valence-electron chi connectivity index (χ2n) is 5.28. The van der Waals surface area contributed by atoms with Gasteiger partial charge in [-0.25, -0.2) is 4.79 Å². The van der Waals surface area contributed by atoms with Crippen molar-refractivity contribution in [1.29, 1.82) is 0 Å². The van der Waals surface area contributed by atoms with Crippen LogP contribution in [0.15, 0.2) is 11.5 Å². The molecule has 1 fully saturated rings. The Morgan fingerprint density at radius 2 is 2.04 bits per heavy atom. The van der Waals surface area contributed by atoms with Gasteiger partial charge in [0.1, 0.15) is 6.10 Å². The van der Waals surface area contributed by atoms with E-state index in [1.807, 2.05) is 21.6 Å². The molecule has 138 valence electrons. The van der Waals surface area contributed by atoms with Crippen molar-refractivity contribution in [3.63, 3.8) is 0 Å². The summed E-state index contributed by atoms with van der Waals surface area (Å²) in [7, 11) is 3.92. The minimum atomic E-state index is -1.42. The largest absolute Gasteiger partial charge is 0.505 e. The first-order valence-corrected chi connectivity index (χ1v) is 9.87. The van der Waals surface area contributed by atoms with Crippen molar-refractivity contribution in [2.75, 3.05) is 12.4 Å². The maximum Gasteiger partial charge on any atom is 0.377 e. The lowest BCUT2D eigenvalue weighted by molar-refractivity contribution is -0.147. The minimum absolute atomic E-state index is 0.338. The summed E-state index contributed by atoms with van der Waals surface area (Å²) in [6.45, 7) is -0.671. The molecule has 2 heterocycles. The van der Waals surface area contributed by atoms with Crippen molar-refractivity contribution in [2.45, 2.75) is 49.6 Å². The van der Waals surface area contributed by atoms with Crippen LogP contribution in [0, 0.1) is 0 Å². The summed E-state index contributed by atoms with van der Waals surface area (Å²) in [4.78, 5) is 20.7. The standard InChI is InChI=1S/C8H14O2S2.C6H8O6/c9-8(10)4-2-1-3-7-5-6-11-12-7;7-1-2(8)5-3(9)4(10)6(11)12-5/h7H,1-6H2,(H,9,10);2,5,7-10H,1H2/t7-;2-,5+/m10/s1. The quantitative estimate of drug-likeness (QED) is 0.249. The second-order valence-corrected chi connectivity index (χ2v) is 8.07. The van der Waals surface area contributed by atoms with E-state index < -0.39 is 42.3 Å². The average molecular weight is 382 g/mol. The van der Waals surface area contributed by atoms with Crippen LogP contribution in [0.2, 0.25) is 0 Å². The molecule has 0 bridgehead atoms. The molecule has 0 aromatic heterocycles. The van der Waals surface area contributed by atoms with Crippen LogP contribution < -0.4 is 0 Å². The normalized spacial score (nSPS) is 24.3. The van der Waals surface area contributed by atoms with Gasteiger partial charge in [0.15, 0.2) is 11.9 Å². The summed E-state index contributed by atoms with van der Waals surface area (Å²) < 4.78 is 4.32. The van der Waals surface area contributed by atoms with Gasteiger partial charge in [-0.1, -0.05) is 28.0 Å². The van der Waals surface area contributed by atoms with E-state index in [1.165, 1.54) is 18.6 Å². The van der Waals surface area contributed by atoms with Crippen molar-refractivity contribution < 1.29 is 39.9 Å². The van der Waals surface area contributed by atoms with Crippen LogP contribution in [-0.4, -0.2) is 67.3 Å². The van der Waals surface area contributed by atoms with Gasteiger partial charge in [-0.15, -0.1) is 0 Å². The Balaban J connectivity index is 0.000000240. The van der Waals surface area contributed by atoms with Crippen molar-refractivity contribution in [2.24, 2.45) is 0 Å². The van der Waals surface area contributed by atoms with Gasteiger partial charge in [-0.3, -0.25) is 4.79 Å². The van der Waals surface area contributed by atoms with Gasteiger partial charge in [0.05, 0.1) is 6.61 Å². The fourth-order valence-corrected chi connectivity index (χ4v) is 5.06. The van der Waals surface area contributed by atoms with E-state index in [0.717, 1.165) is 18.1 Å². The van der Waals surface area contributed by atoms with Gasteiger partial charge in [-0.05, 0) is 19.3 Å². The second kappa shape index (κ2) is 10.7. The zero-order valence-corrected chi connectivity index (χ0v) is 14.6. The predicted octanol–water partition coefficient (Wildman–Crippen LogP) is 1.38. The Morgan fingerprint density at radius 3 is 2.50 bits per heavy atom. The lowest BCUT2D eigenvalue weighted by Crippen LogP contribution is -2.31. The average Bonchev–Trinajstić information content (AvgIpc) is 3.16. The van der Waals surface area contributed by atoms with Gasteiger partial charge >= 0.3 is 11.9 Å². The van der Waals surface area contributed by atoms with Gasteiger partial charge in [0.25, 0.3) is 0 Å². The molecular formula is C14H22O8S2. The van der Waals surface area contributed by atoms with E-state index in [9.17, 15) is 9.59 Å². The highest BCUT2D eigenvalue weighted by atomic mass is 33.1. The zero-order chi connectivity index (χ0) is 18.1. The van der Waals surface area contributed by atoms with Crippen molar-refractivity contribution in [3.05, 3.63) is 11.5 Å². The number of carboxylic acids is 1. The predicted molar refractivity (Wildman–Crippen MR) is 89.8 cm³/mol. The lowest BCUT2D eigenvalue weighted by Gasteiger charge is -2.13. The summed E-state index contributed by atoms with van der Waals surface area (Å²) in [5, 5.41) is 44.2. The Bertz CT molecular complexity index is 462. The van der Waals surface area contributed by atoms with Crippen molar-refractivity contribution in [3.8, 4) is 0 Å². The zero-order valence-electron chi connectivity index (χ0n) is 13.0. The molecule has 2 aliphatic rings. The number of unbranched alkanes of at least 4 members (excludes halogenated alkanes) is 1. The molecule has 0 aromatic rings. The number of aliphatic hydroxyl groups excluding tert-OH is 4. The summed E-state index contributed by atoms with van der Waals surface area (Å²) in [5.74, 6) is -2.17. The first kappa shape index (κ1) is 20.9. The highest BCUT2D eigenvalue weighted by Gasteiger charge is 2.38. The number of ether oxygens (including phenoxy) is 1. The third-order valence-corrected chi connectivity index (χ3v) is 6.38. The molecule has 2 rings (SSSR count). The molecule has 8 nitrogen and oxygen atoms in total. The Kier molecular flexibility index (Phi) is 9.34. The molecule has 5 N–H and O–H groups in total. The number of esters is 1. The maximum atomic E-state index is 10.5. The molecule has 2 aliphatic heterocycles. The van der Waals surface area contributed by atoms with E-state index in [-0.39, 0.29) is 0 Å². The topological polar surface area (TPSA) is 145 Å². The SMILES string of the molecule is O=C(O)CCCC[C@@H]1CCSS1.O=C1O[C@H]([C@@H](O)CO)C(O)=C1O.